The van der Waals surface area contributed by atoms with Gasteiger partial charge in [0.1, 0.15) is 0 Å². The molecule has 0 saturated heterocycles. The molecule has 0 fully saturated rings. The number of aromatic nitrogens is 2. The Bertz CT molecular complexity index is 672. The summed E-state index contributed by atoms with van der Waals surface area (Å²) in [7, 11) is 1.83. The van der Waals surface area contributed by atoms with Crippen LogP contribution in [0.4, 0.5) is 0 Å². The number of amides is 1. The Kier molecular flexibility index (Phi) is 3.53. The predicted octanol–water partition coefficient (Wildman–Crippen LogP) is 2.74. The van der Waals surface area contributed by atoms with Crippen molar-refractivity contribution in [3.63, 3.8) is 0 Å². The van der Waals surface area contributed by atoms with Crippen LogP contribution < -0.4 is 0 Å². The number of carbonyl (C=O) groups excluding carboxylic acids is 1. The average molecular weight is 283 g/mol. The number of aryl methyl sites for hydroxylation is 1. The number of rotatable bonds is 2. The van der Waals surface area contributed by atoms with E-state index in [4.69, 9.17) is 0 Å². The van der Waals surface area contributed by atoms with E-state index < -0.39 is 0 Å². The normalized spacial score (nSPS) is 14.4. The van der Waals surface area contributed by atoms with E-state index in [-0.39, 0.29) is 5.91 Å². The van der Waals surface area contributed by atoms with Gasteiger partial charge in [0, 0.05) is 26.3 Å². The van der Waals surface area contributed by atoms with Crippen molar-refractivity contribution < 1.29 is 4.79 Å². The Morgan fingerprint density at radius 3 is 2.81 bits per heavy atom. The molecule has 0 N–H and O–H groups in total. The smallest absolute Gasteiger partial charge is 0.257 e. The van der Waals surface area contributed by atoms with Crippen LogP contribution in [0.25, 0.3) is 0 Å². The van der Waals surface area contributed by atoms with Crippen LogP contribution in [0.2, 0.25) is 0 Å². The summed E-state index contributed by atoms with van der Waals surface area (Å²) >= 11 is 0. The second-order valence-electron chi connectivity index (χ2n) is 6.02. The quantitative estimate of drug-likeness (QED) is 0.850. The van der Waals surface area contributed by atoms with E-state index in [1.807, 2.05) is 11.9 Å². The van der Waals surface area contributed by atoms with Crippen molar-refractivity contribution in [3.05, 3.63) is 52.8 Å². The lowest BCUT2D eigenvalue weighted by Gasteiger charge is -2.30. The molecule has 4 heteroatoms. The number of carbonyl (C=O) groups is 1. The lowest BCUT2D eigenvalue weighted by atomic mass is 9.89. The molecular weight excluding hydrogens is 262 g/mol. The van der Waals surface area contributed by atoms with Gasteiger partial charge in [-0.15, -0.1) is 0 Å². The molecule has 0 bridgehead atoms. The molecule has 2 heterocycles. The fourth-order valence-electron chi connectivity index (χ4n) is 3.07. The average Bonchev–Trinajstić information content (AvgIpc) is 2.91. The summed E-state index contributed by atoms with van der Waals surface area (Å²) in [6.45, 7) is 5.93. The first kappa shape index (κ1) is 13.9. The molecule has 0 saturated carbocycles. The molecule has 1 aliphatic rings. The van der Waals surface area contributed by atoms with Crippen molar-refractivity contribution in [2.45, 2.75) is 32.7 Å². The van der Waals surface area contributed by atoms with Crippen molar-refractivity contribution in [1.29, 1.82) is 0 Å². The van der Waals surface area contributed by atoms with Gasteiger partial charge in [0.15, 0.2) is 0 Å². The summed E-state index contributed by atoms with van der Waals surface area (Å²) in [4.78, 5) is 14.4. The van der Waals surface area contributed by atoms with Gasteiger partial charge in [-0.05, 0) is 29.0 Å². The molecule has 4 nitrogen and oxygen atoms in total. The van der Waals surface area contributed by atoms with Crippen molar-refractivity contribution in [1.82, 2.24) is 14.7 Å². The Hall–Kier alpha value is -2.10. The number of fused-ring (bicyclic) bond motifs is 1. The van der Waals surface area contributed by atoms with Crippen LogP contribution in [0.3, 0.4) is 0 Å². The summed E-state index contributed by atoms with van der Waals surface area (Å²) < 4.78 is 1.67. The monoisotopic (exact) mass is 283 g/mol. The number of hydrogen-bond donors (Lipinski definition) is 0. The SMILES string of the molecule is CC(C)c1cccc2c1CCN(C(=O)c1cnn(C)c1)C2. The molecule has 1 aromatic heterocycles. The van der Waals surface area contributed by atoms with E-state index >= 15 is 0 Å². The van der Waals surface area contributed by atoms with Crippen molar-refractivity contribution in [2.75, 3.05) is 6.54 Å². The maximum absolute atomic E-state index is 12.5. The zero-order valence-corrected chi connectivity index (χ0v) is 12.8. The number of hydrogen-bond acceptors (Lipinski definition) is 2. The number of nitrogens with zero attached hydrogens (tertiary/aromatic N) is 3. The molecular formula is C17H21N3O. The Morgan fingerprint density at radius 2 is 2.14 bits per heavy atom. The Morgan fingerprint density at radius 1 is 1.33 bits per heavy atom. The predicted molar refractivity (Wildman–Crippen MR) is 82.2 cm³/mol. The largest absolute Gasteiger partial charge is 0.334 e. The lowest BCUT2D eigenvalue weighted by molar-refractivity contribution is 0.0734. The summed E-state index contributed by atoms with van der Waals surface area (Å²) in [5.74, 6) is 0.601. The van der Waals surface area contributed by atoms with E-state index in [2.05, 4.69) is 37.1 Å². The first-order valence-electron chi connectivity index (χ1n) is 7.45. The molecule has 2 aromatic rings. The topological polar surface area (TPSA) is 38.1 Å². The highest BCUT2D eigenvalue weighted by atomic mass is 16.2. The van der Waals surface area contributed by atoms with Crippen molar-refractivity contribution >= 4 is 5.91 Å². The van der Waals surface area contributed by atoms with E-state index in [1.54, 1.807) is 17.1 Å². The van der Waals surface area contributed by atoms with E-state index in [9.17, 15) is 4.79 Å². The van der Waals surface area contributed by atoms with E-state index in [0.717, 1.165) is 13.0 Å². The molecule has 0 atom stereocenters. The third kappa shape index (κ3) is 2.58. The van der Waals surface area contributed by atoms with Crippen LogP contribution in [0.5, 0.6) is 0 Å². The van der Waals surface area contributed by atoms with Gasteiger partial charge in [-0.1, -0.05) is 32.0 Å². The fourth-order valence-corrected chi connectivity index (χ4v) is 3.07. The third-order valence-electron chi connectivity index (χ3n) is 4.16. The fraction of sp³-hybridized carbons (Fsp3) is 0.412. The zero-order valence-electron chi connectivity index (χ0n) is 12.8. The van der Waals surface area contributed by atoms with E-state index in [0.29, 0.717) is 18.0 Å². The summed E-state index contributed by atoms with van der Waals surface area (Å²) in [5.41, 5.74) is 4.80. The first-order valence-corrected chi connectivity index (χ1v) is 7.45. The maximum atomic E-state index is 12.5. The van der Waals surface area contributed by atoms with Crippen LogP contribution in [0, 0.1) is 0 Å². The Balaban J connectivity index is 1.85. The molecule has 0 aliphatic carbocycles. The van der Waals surface area contributed by atoms with Gasteiger partial charge < -0.3 is 4.90 Å². The molecule has 0 unspecified atom stereocenters. The lowest BCUT2D eigenvalue weighted by Crippen LogP contribution is -2.36. The van der Waals surface area contributed by atoms with Gasteiger partial charge in [0.2, 0.25) is 0 Å². The molecule has 0 radical (unpaired) electrons. The molecule has 3 rings (SSSR count). The Labute approximate surface area is 125 Å². The van der Waals surface area contributed by atoms with Crippen LogP contribution in [0.15, 0.2) is 30.6 Å². The van der Waals surface area contributed by atoms with Gasteiger partial charge in [0.05, 0.1) is 11.8 Å². The first-order chi connectivity index (χ1) is 10.1. The van der Waals surface area contributed by atoms with Gasteiger partial charge in [0.25, 0.3) is 5.91 Å². The number of benzene rings is 1. The van der Waals surface area contributed by atoms with Crippen molar-refractivity contribution in [3.8, 4) is 0 Å². The maximum Gasteiger partial charge on any atom is 0.257 e. The second-order valence-corrected chi connectivity index (χ2v) is 6.02. The standard InChI is InChI=1S/C17H21N3O/c1-12(2)15-6-4-5-13-11-20(8-7-16(13)15)17(21)14-9-18-19(3)10-14/h4-6,9-10,12H,7-8,11H2,1-3H3. The zero-order chi connectivity index (χ0) is 15.0. The second kappa shape index (κ2) is 5.35. The van der Waals surface area contributed by atoms with Crippen LogP contribution in [0.1, 0.15) is 46.8 Å². The summed E-state index contributed by atoms with van der Waals surface area (Å²) in [5, 5.41) is 4.08. The summed E-state index contributed by atoms with van der Waals surface area (Å²) in [6.07, 6.45) is 4.36. The van der Waals surface area contributed by atoms with Crippen LogP contribution in [-0.4, -0.2) is 27.1 Å². The van der Waals surface area contributed by atoms with E-state index in [1.165, 1.54) is 16.7 Å². The molecule has 21 heavy (non-hydrogen) atoms. The molecule has 0 spiro atoms. The molecule has 1 amide bonds. The van der Waals surface area contributed by atoms with Crippen LogP contribution >= 0.6 is 0 Å². The minimum absolute atomic E-state index is 0.0729. The minimum Gasteiger partial charge on any atom is -0.334 e. The minimum atomic E-state index is 0.0729. The highest BCUT2D eigenvalue weighted by molar-refractivity contribution is 5.93. The van der Waals surface area contributed by atoms with Gasteiger partial charge in [-0.25, -0.2) is 0 Å². The third-order valence-corrected chi connectivity index (χ3v) is 4.16. The molecule has 1 aromatic carbocycles. The summed E-state index contributed by atoms with van der Waals surface area (Å²) in [6, 6.07) is 6.46. The van der Waals surface area contributed by atoms with Gasteiger partial charge in [-0.2, -0.15) is 5.10 Å². The highest BCUT2D eigenvalue weighted by Crippen LogP contribution is 2.28. The molecule has 1 aliphatic heterocycles. The van der Waals surface area contributed by atoms with Gasteiger partial charge in [-0.3, -0.25) is 9.48 Å². The van der Waals surface area contributed by atoms with Crippen molar-refractivity contribution in [2.24, 2.45) is 7.05 Å². The highest BCUT2D eigenvalue weighted by Gasteiger charge is 2.24. The van der Waals surface area contributed by atoms with Gasteiger partial charge >= 0.3 is 0 Å². The molecule has 110 valence electrons. The van der Waals surface area contributed by atoms with Crippen LogP contribution in [-0.2, 0) is 20.0 Å².